The predicted molar refractivity (Wildman–Crippen MR) is 115 cm³/mol. The van der Waals surface area contributed by atoms with Crippen molar-refractivity contribution in [3.8, 4) is 11.1 Å². The van der Waals surface area contributed by atoms with E-state index in [0.29, 0.717) is 0 Å². The zero-order valence-corrected chi connectivity index (χ0v) is 16.5. The molecule has 1 atom stereocenters. The van der Waals surface area contributed by atoms with E-state index < -0.39 is 12.1 Å². The normalized spacial score (nSPS) is 13.2. The van der Waals surface area contributed by atoms with Crippen molar-refractivity contribution >= 4 is 12.1 Å². The van der Waals surface area contributed by atoms with Gasteiger partial charge in [0.15, 0.2) is 0 Å². The molecule has 0 spiro atoms. The van der Waals surface area contributed by atoms with Crippen LogP contribution in [-0.2, 0) is 9.53 Å². The highest BCUT2D eigenvalue weighted by atomic mass is 16.5. The first-order valence-electron chi connectivity index (χ1n) is 9.99. The van der Waals surface area contributed by atoms with Gasteiger partial charge < -0.3 is 15.2 Å². The fourth-order valence-corrected chi connectivity index (χ4v) is 4.10. The van der Waals surface area contributed by atoms with Gasteiger partial charge in [-0.15, -0.1) is 0 Å². The third kappa shape index (κ3) is 4.20. The van der Waals surface area contributed by atoms with Crippen LogP contribution in [0.2, 0.25) is 0 Å². The molecule has 0 bridgehead atoms. The van der Waals surface area contributed by atoms with Gasteiger partial charge in [0.1, 0.15) is 6.61 Å². The van der Waals surface area contributed by atoms with Gasteiger partial charge in [-0.3, -0.25) is 4.79 Å². The number of amides is 1. The van der Waals surface area contributed by atoms with Gasteiger partial charge in [-0.2, -0.15) is 0 Å². The highest BCUT2D eigenvalue weighted by Gasteiger charge is 2.29. The molecule has 1 aliphatic carbocycles. The third-order valence-electron chi connectivity index (χ3n) is 5.53. The Hall–Kier alpha value is -3.60. The first-order chi connectivity index (χ1) is 14.6. The van der Waals surface area contributed by atoms with E-state index in [1.807, 2.05) is 54.6 Å². The lowest BCUT2D eigenvalue weighted by Crippen LogP contribution is -2.31. The number of carboxylic acids is 1. The summed E-state index contributed by atoms with van der Waals surface area (Å²) >= 11 is 0. The fourth-order valence-electron chi connectivity index (χ4n) is 4.10. The van der Waals surface area contributed by atoms with E-state index in [2.05, 4.69) is 29.6 Å². The summed E-state index contributed by atoms with van der Waals surface area (Å²) in [6.45, 7) is 0.432. The number of alkyl carbamates (subject to hydrolysis) is 1. The second-order valence-corrected chi connectivity index (χ2v) is 7.41. The summed E-state index contributed by atoms with van der Waals surface area (Å²) < 4.78 is 5.53. The number of carboxylic acid groups (broad SMARTS) is 1. The Bertz CT molecular complexity index is 1000. The summed E-state index contributed by atoms with van der Waals surface area (Å²) in [4.78, 5) is 23.6. The smallest absolute Gasteiger partial charge is 0.407 e. The molecule has 3 aromatic rings. The maximum Gasteiger partial charge on any atom is 0.407 e. The fraction of sp³-hybridized carbons (Fsp3) is 0.200. The number of hydrogen-bond acceptors (Lipinski definition) is 3. The Morgan fingerprint density at radius 3 is 2.03 bits per heavy atom. The predicted octanol–water partition coefficient (Wildman–Crippen LogP) is 4.78. The van der Waals surface area contributed by atoms with E-state index in [1.165, 1.54) is 11.1 Å². The Labute approximate surface area is 175 Å². The van der Waals surface area contributed by atoms with Gasteiger partial charge in [0.05, 0.1) is 6.42 Å². The number of carbonyl (C=O) groups is 2. The number of aliphatic carboxylic acids is 1. The molecular formula is C25H23NO4. The number of fused-ring (bicyclic) bond motifs is 3. The molecule has 4 rings (SSSR count). The lowest BCUT2D eigenvalue weighted by atomic mass is 9.96. The maximum atomic E-state index is 12.4. The molecule has 30 heavy (non-hydrogen) atoms. The zero-order chi connectivity index (χ0) is 20.9. The first-order valence-corrected chi connectivity index (χ1v) is 9.99. The average molecular weight is 401 g/mol. The van der Waals surface area contributed by atoms with Crippen LogP contribution in [0.5, 0.6) is 0 Å². The van der Waals surface area contributed by atoms with E-state index in [4.69, 9.17) is 4.74 Å². The summed E-state index contributed by atoms with van der Waals surface area (Å²) in [5.74, 6) is -1.23. The van der Waals surface area contributed by atoms with Gasteiger partial charge in [0.25, 0.3) is 0 Å². The number of benzene rings is 3. The zero-order valence-electron chi connectivity index (χ0n) is 16.5. The number of hydrogen-bond donors (Lipinski definition) is 2. The van der Waals surface area contributed by atoms with Gasteiger partial charge in [-0.1, -0.05) is 78.9 Å². The van der Waals surface area contributed by atoms with E-state index >= 15 is 0 Å². The molecule has 1 amide bonds. The SMILES string of the molecule is O=C(O)C[C@@H](CNC(=O)OCC1c2ccccc2-c2ccccc21)c1ccccc1. The molecule has 0 fully saturated rings. The Morgan fingerprint density at radius 1 is 0.867 bits per heavy atom. The lowest BCUT2D eigenvalue weighted by molar-refractivity contribution is -0.137. The third-order valence-corrected chi connectivity index (χ3v) is 5.53. The largest absolute Gasteiger partial charge is 0.481 e. The Balaban J connectivity index is 1.40. The standard InChI is InChI=1S/C25H23NO4/c27-24(28)14-18(17-8-2-1-3-9-17)15-26-25(29)30-16-23-21-12-6-4-10-19(21)20-11-5-7-13-22(20)23/h1-13,18,23H,14-16H2,(H,26,29)(H,27,28)/t18-/m0/s1. The second-order valence-electron chi connectivity index (χ2n) is 7.41. The van der Waals surface area contributed by atoms with Gasteiger partial charge in [0, 0.05) is 18.4 Å². The van der Waals surface area contributed by atoms with Crippen molar-refractivity contribution in [1.82, 2.24) is 5.32 Å². The summed E-state index contributed by atoms with van der Waals surface area (Å²) in [6, 6.07) is 25.7. The molecule has 5 nitrogen and oxygen atoms in total. The number of rotatable bonds is 7. The summed E-state index contributed by atoms with van der Waals surface area (Å²) in [6.07, 6.45) is -0.601. The monoisotopic (exact) mass is 401 g/mol. The second kappa shape index (κ2) is 8.82. The van der Waals surface area contributed by atoms with Crippen molar-refractivity contribution in [1.29, 1.82) is 0 Å². The number of nitrogens with one attached hydrogen (secondary N) is 1. The van der Waals surface area contributed by atoms with Crippen LogP contribution >= 0.6 is 0 Å². The summed E-state index contributed by atoms with van der Waals surface area (Å²) in [7, 11) is 0. The summed E-state index contributed by atoms with van der Waals surface area (Å²) in [5.41, 5.74) is 5.53. The quantitative estimate of drug-likeness (QED) is 0.597. The van der Waals surface area contributed by atoms with E-state index in [-0.39, 0.29) is 31.4 Å². The molecule has 1 aliphatic rings. The molecule has 3 aromatic carbocycles. The molecule has 152 valence electrons. The van der Waals surface area contributed by atoms with Crippen LogP contribution in [0.4, 0.5) is 4.79 Å². The molecule has 0 aliphatic heterocycles. The van der Waals surface area contributed by atoms with E-state index in [1.54, 1.807) is 0 Å². The molecule has 5 heteroatoms. The number of ether oxygens (including phenoxy) is 1. The van der Waals surface area contributed by atoms with Crippen molar-refractivity contribution < 1.29 is 19.4 Å². The molecule has 0 heterocycles. The molecule has 2 N–H and O–H groups in total. The first kappa shape index (κ1) is 19.7. The lowest BCUT2D eigenvalue weighted by Gasteiger charge is -2.18. The van der Waals surface area contributed by atoms with Crippen LogP contribution in [0.3, 0.4) is 0 Å². The number of carbonyl (C=O) groups excluding carboxylic acids is 1. The van der Waals surface area contributed by atoms with Crippen molar-refractivity contribution in [3.05, 3.63) is 95.6 Å². The molecule has 0 saturated heterocycles. The highest BCUT2D eigenvalue weighted by molar-refractivity contribution is 5.79. The van der Waals surface area contributed by atoms with Crippen molar-refractivity contribution in [2.45, 2.75) is 18.3 Å². The van der Waals surface area contributed by atoms with Gasteiger partial charge in [0.2, 0.25) is 0 Å². The molecule has 0 radical (unpaired) electrons. The Morgan fingerprint density at radius 2 is 1.43 bits per heavy atom. The maximum absolute atomic E-state index is 12.4. The van der Waals surface area contributed by atoms with Gasteiger partial charge in [-0.05, 0) is 27.8 Å². The summed E-state index contributed by atoms with van der Waals surface area (Å²) in [5, 5.41) is 11.9. The van der Waals surface area contributed by atoms with Gasteiger partial charge >= 0.3 is 12.1 Å². The van der Waals surface area contributed by atoms with Crippen LogP contribution < -0.4 is 5.32 Å². The highest BCUT2D eigenvalue weighted by Crippen LogP contribution is 2.44. The minimum absolute atomic E-state index is 0.00732. The van der Waals surface area contributed by atoms with E-state index in [0.717, 1.165) is 16.7 Å². The van der Waals surface area contributed by atoms with Gasteiger partial charge in [-0.25, -0.2) is 4.79 Å². The Kier molecular flexibility index (Phi) is 5.80. The van der Waals surface area contributed by atoms with Crippen LogP contribution in [-0.4, -0.2) is 30.3 Å². The molecule has 0 aromatic heterocycles. The molecular weight excluding hydrogens is 378 g/mol. The molecule has 0 saturated carbocycles. The van der Waals surface area contributed by atoms with Crippen LogP contribution in [0.15, 0.2) is 78.9 Å². The van der Waals surface area contributed by atoms with Crippen molar-refractivity contribution in [3.63, 3.8) is 0 Å². The van der Waals surface area contributed by atoms with Crippen molar-refractivity contribution in [2.75, 3.05) is 13.2 Å². The van der Waals surface area contributed by atoms with Crippen LogP contribution in [0, 0.1) is 0 Å². The van der Waals surface area contributed by atoms with E-state index in [9.17, 15) is 14.7 Å². The average Bonchev–Trinajstić information content (AvgIpc) is 3.09. The minimum atomic E-state index is -0.904. The minimum Gasteiger partial charge on any atom is -0.481 e. The van der Waals surface area contributed by atoms with Crippen LogP contribution in [0.25, 0.3) is 11.1 Å². The topological polar surface area (TPSA) is 75.6 Å². The van der Waals surface area contributed by atoms with Crippen molar-refractivity contribution in [2.24, 2.45) is 0 Å². The van der Waals surface area contributed by atoms with Crippen LogP contribution in [0.1, 0.15) is 34.9 Å². The molecule has 0 unspecified atom stereocenters.